The van der Waals surface area contributed by atoms with E-state index in [1.165, 1.54) is 12.1 Å². The number of pyridine rings is 1. The van der Waals surface area contributed by atoms with Crippen molar-refractivity contribution in [2.24, 2.45) is 5.92 Å². The Kier molecular flexibility index (Phi) is 4.23. The molecule has 1 aliphatic rings. The number of halogens is 1. The summed E-state index contributed by atoms with van der Waals surface area (Å²) in [7, 11) is 2.09. The van der Waals surface area contributed by atoms with Crippen LogP contribution in [0, 0.1) is 11.7 Å². The number of hydrogen-bond donors (Lipinski definition) is 1. The molecule has 1 fully saturated rings. The van der Waals surface area contributed by atoms with Crippen LogP contribution in [0.4, 0.5) is 4.39 Å². The predicted molar refractivity (Wildman–Crippen MR) is 83.9 cm³/mol. The number of aliphatic hydroxyl groups is 1. The largest absolute Gasteiger partial charge is 0.380 e. The van der Waals surface area contributed by atoms with Crippen LogP contribution in [0.3, 0.4) is 0 Å². The molecule has 1 atom stereocenters. The van der Waals surface area contributed by atoms with Crippen molar-refractivity contribution >= 4 is 0 Å². The zero-order chi connectivity index (χ0) is 15.6. The zero-order valence-electron chi connectivity index (χ0n) is 12.7. The molecule has 1 N–H and O–H groups in total. The lowest BCUT2D eigenvalue weighted by Gasteiger charge is -2.41. The number of likely N-dealkylation sites (tertiary alicyclic amines) is 1. The number of nitrogens with zero attached hydrogens (tertiary/aromatic N) is 2. The van der Waals surface area contributed by atoms with Gasteiger partial charge in [-0.05, 0) is 62.7 Å². The Morgan fingerprint density at radius 3 is 2.41 bits per heavy atom. The maximum Gasteiger partial charge on any atom is 0.123 e. The molecule has 1 aromatic carbocycles. The van der Waals surface area contributed by atoms with Crippen molar-refractivity contribution in [2.75, 3.05) is 20.1 Å². The quantitative estimate of drug-likeness (QED) is 0.947. The lowest BCUT2D eigenvalue weighted by molar-refractivity contribution is -0.0112. The van der Waals surface area contributed by atoms with Gasteiger partial charge in [0.1, 0.15) is 11.4 Å². The summed E-state index contributed by atoms with van der Waals surface area (Å²) in [6, 6.07) is 9.91. The van der Waals surface area contributed by atoms with E-state index in [-0.39, 0.29) is 11.7 Å². The first kappa shape index (κ1) is 15.1. The van der Waals surface area contributed by atoms with E-state index in [0.717, 1.165) is 37.1 Å². The van der Waals surface area contributed by atoms with Gasteiger partial charge in [0.2, 0.25) is 0 Å². The highest BCUT2D eigenvalue weighted by Crippen LogP contribution is 2.41. The number of aromatic nitrogens is 1. The fourth-order valence-electron chi connectivity index (χ4n) is 3.36. The van der Waals surface area contributed by atoms with Crippen molar-refractivity contribution in [3.05, 3.63) is 65.7 Å². The SMILES string of the molecule is CN1CCC(C(O)(c2ccc(F)cc2)c2cccnc2)CC1. The molecule has 0 radical (unpaired) electrons. The molecule has 3 nitrogen and oxygen atoms in total. The van der Waals surface area contributed by atoms with E-state index >= 15 is 0 Å². The van der Waals surface area contributed by atoms with E-state index in [1.807, 2.05) is 12.1 Å². The topological polar surface area (TPSA) is 36.4 Å². The minimum Gasteiger partial charge on any atom is -0.380 e. The standard InChI is InChI=1S/C18H21FN2O/c1-21-11-8-15(9-12-21)18(22,16-3-2-10-20-13-16)14-4-6-17(19)7-5-14/h2-7,10,13,15,22H,8-9,11-12H2,1H3. The van der Waals surface area contributed by atoms with Crippen LogP contribution >= 0.6 is 0 Å². The fraction of sp³-hybridized carbons (Fsp3) is 0.389. The Bertz CT molecular complexity index is 609. The average molecular weight is 300 g/mol. The third-order valence-electron chi connectivity index (χ3n) is 4.70. The highest BCUT2D eigenvalue weighted by atomic mass is 19.1. The van der Waals surface area contributed by atoms with Gasteiger partial charge >= 0.3 is 0 Å². The summed E-state index contributed by atoms with van der Waals surface area (Å²) in [6.45, 7) is 1.91. The summed E-state index contributed by atoms with van der Waals surface area (Å²) in [5.41, 5.74) is 0.385. The van der Waals surface area contributed by atoms with Crippen LogP contribution in [0.5, 0.6) is 0 Å². The number of piperidine rings is 1. The summed E-state index contributed by atoms with van der Waals surface area (Å²) < 4.78 is 13.3. The smallest absolute Gasteiger partial charge is 0.123 e. The first-order valence-electron chi connectivity index (χ1n) is 7.68. The summed E-state index contributed by atoms with van der Waals surface area (Å²) in [5.74, 6) is -0.195. The molecule has 2 heterocycles. The van der Waals surface area contributed by atoms with Crippen LogP contribution in [0.1, 0.15) is 24.0 Å². The second-order valence-corrected chi connectivity index (χ2v) is 6.09. The van der Waals surface area contributed by atoms with Gasteiger partial charge in [-0.3, -0.25) is 4.98 Å². The third-order valence-corrected chi connectivity index (χ3v) is 4.70. The molecule has 3 rings (SSSR count). The first-order valence-corrected chi connectivity index (χ1v) is 7.68. The fourth-order valence-corrected chi connectivity index (χ4v) is 3.36. The second-order valence-electron chi connectivity index (χ2n) is 6.09. The van der Waals surface area contributed by atoms with E-state index in [2.05, 4.69) is 16.9 Å². The van der Waals surface area contributed by atoms with Gasteiger partial charge in [0.25, 0.3) is 0 Å². The normalized spacial score (nSPS) is 19.8. The molecule has 1 aromatic heterocycles. The molecule has 0 aliphatic carbocycles. The van der Waals surface area contributed by atoms with Gasteiger partial charge in [0.05, 0.1) is 0 Å². The van der Waals surface area contributed by atoms with Crippen molar-refractivity contribution in [1.82, 2.24) is 9.88 Å². The Morgan fingerprint density at radius 1 is 1.14 bits per heavy atom. The molecule has 1 saturated heterocycles. The lowest BCUT2D eigenvalue weighted by atomic mass is 9.72. The average Bonchev–Trinajstić information content (AvgIpc) is 2.56. The van der Waals surface area contributed by atoms with Gasteiger partial charge in [0, 0.05) is 18.0 Å². The molecule has 0 amide bonds. The van der Waals surface area contributed by atoms with Gasteiger partial charge < -0.3 is 10.0 Å². The van der Waals surface area contributed by atoms with Gasteiger partial charge in [-0.15, -0.1) is 0 Å². The first-order chi connectivity index (χ1) is 10.6. The van der Waals surface area contributed by atoms with Crippen molar-refractivity contribution in [3.63, 3.8) is 0 Å². The number of rotatable bonds is 3. The molecule has 1 unspecified atom stereocenters. The van der Waals surface area contributed by atoms with E-state index in [9.17, 15) is 9.50 Å². The minimum absolute atomic E-state index is 0.0957. The van der Waals surface area contributed by atoms with Gasteiger partial charge in [-0.25, -0.2) is 4.39 Å². The number of benzene rings is 1. The van der Waals surface area contributed by atoms with Crippen LogP contribution in [0.15, 0.2) is 48.8 Å². The van der Waals surface area contributed by atoms with E-state index in [4.69, 9.17) is 0 Å². The molecule has 2 aromatic rings. The van der Waals surface area contributed by atoms with E-state index in [0.29, 0.717) is 0 Å². The zero-order valence-corrected chi connectivity index (χ0v) is 12.7. The van der Waals surface area contributed by atoms with Crippen LogP contribution < -0.4 is 0 Å². The maximum absolute atomic E-state index is 13.3. The Labute approximate surface area is 130 Å². The Morgan fingerprint density at radius 2 is 1.82 bits per heavy atom. The highest BCUT2D eigenvalue weighted by molar-refractivity contribution is 5.36. The van der Waals surface area contributed by atoms with Crippen LogP contribution in [0.2, 0.25) is 0 Å². The third kappa shape index (κ3) is 2.76. The monoisotopic (exact) mass is 300 g/mol. The van der Waals surface area contributed by atoms with Gasteiger partial charge in [0.15, 0.2) is 0 Å². The second kappa shape index (κ2) is 6.15. The molecular formula is C18H21FN2O. The van der Waals surface area contributed by atoms with Gasteiger partial charge in [-0.1, -0.05) is 18.2 Å². The predicted octanol–water partition coefficient (Wildman–Crippen LogP) is 2.80. The Balaban J connectivity index is 2.04. The molecule has 116 valence electrons. The highest BCUT2D eigenvalue weighted by Gasteiger charge is 2.41. The van der Waals surface area contributed by atoms with Gasteiger partial charge in [-0.2, -0.15) is 0 Å². The molecular weight excluding hydrogens is 279 g/mol. The maximum atomic E-state index is 13.3. The molecule has 4 heteroatoms. The number of hydrogen-bond acceptors (Lipinski definition) is 3. The molecule has 0 bridgehead atoms. The molecule has 1 aliphatic heterocycles. The minimum atomic E-state index is -1.12. The van der Waals surface area contributed by atoms with E-state index in [1.54, 1.807) is 24.5 Å². The summed E-state index contributed by atoms with van der Waals surface area (Å²) in [4.78, 5) is 6.43. The molecule has 22 heavy (non-hydrogen) atoms. The lowest BCUT2D eigenvalue weighted by Crippen LogP contribution is -2.43. The summed E-state index contributed by atoms with van der Waals surface area (Å²) in [6.07, 6.45) is 5.21. The van der Waals surface area contributed by atoms with Crippen molar-refractivity contribution < 1.29 is 9.50 Å². The van der Waals surface area contributed by atoms with Crippen molar-refractivity contribution in [1.29, 1.82) is 0 Å². The summed E-state index contributed by atoms with van der Waals surface area (Å²) in [5, 5.41) is 11.6. The molecule has 0 spiro atoms. The van der Waals surface area contributed by atoms with Crippen LogP contribution in [-0.4, -0.2) is 35.1 Å². The van der Waals surface area contributed by atoms with Crippen molar-refractivity contribution in [3.8, 4) is 0 Å². The Hall–Kier alpha value is -1.78. The summed E-state index contributed by atoms with van der Waals surface area (Å²) >= 11 is 0. The van der Waals surface area contributed by atoms with E-state index < -0.39 is 5.60 Å². The van der Waals surface area contributed by atoms with Crippen LogP contribution in [0.25, 0.3) is 0 Å². The van der Waals surface area contributed by atoms with Crippen LogP contribution in [-0.2, 0) is 5.60 Å². The molecule has 0 saturated carbocycles. The van der Waals surface area contributed by atoms with Crippen molar-refractivity contribution in [2.45, 2.75) is 18.4 Å².